The molecule has 7 nitrogen and oxygen atoms in total. The Kier molecular flexibility index (Phi) is 3.92. The van der Waals surface area contributed by atoms with Crippen LogP contribution in [0, 0.1) is 0 Å². The number of primary sulfonamides is 1. The average molecular weight is 343 g/mol. The monoisotopic (exact) mass is 343 g/mol. The van der Waals surface area contributed by atoms with E-state index in [0.29, 0.717) is 5.39 Å². The number of phenols is 2. The lowest BCUT2D eigenvalue weighted by molar-refractivity contribution is 0.474. The summed E-state index contributed by atoms with van der Waals surface area (Å²) in [6, 6.07) is 13.9. The van der Waals surface area contributed by atoms with Gasteiger partial charge in [0, 0.05) is 5.39 Å². The first-order valence-corrected chi connectivity index (χ1v) is 8.39. The van der Waals surface area contributed by atoms with Gasteiger partial charge in [-0.2, -0.15) is 0 Å². The first kappa shape index (κ1) is 15.9. The van der Waals surface area contributed by atoms with E-state index < -0.39 is 10.0 Å². The molecule has 0 heterocycles. The summed E-state index contributed by atoms with van der Waals surface area (Å²) in [7, 11) is -3.93. The van der Waals surface area contributed by atoms with Crippen molar-refractivity contribution in [1.82, 2.24) is 0 Å². The lowest BCUT2D eigenvalue weighted by atomic mass is 10.1. The van der Waals surface area contributed by atoms with Crippen molar-refractivity contribution in [3.05, 3.63) is 54.6 Å². The number of hydrogen-bond acceptors (Lipinski definition) is 6. The molecule has 24 heavy (non-hydrogen) atoms. The summed E-state index contributed by atoms with van der Waals surface area (Å²) >= 11 is 0. The fourth-order valence-corrected chi connectivity index (χ4v) is 2.75. The SMILES string of the molecule is NS(=O)(=O)c1ccc(O)c(N=Nc2c(O)ccc3ccccc23)c1. The van der Waals surface area contributed by atoms with Gasteiger partial charge in [-0.3, -0.25) is 0 Å². The molecule has 0 saturated carbocycles. The van der Waals surface area contributed by atoms with Gasteiger partial charge in [-0.05, 0) is 29.7 Å². The van der Waals surface area contributed by atoms with Gasteiger partial charge in [0.2, 0.25) is 10.0 Å². The molecule has 3 rings (SSSR count). The summed E-state index contributed by atoms with van der Waals surface area (Å²) < 4.78 is 22.8. The third-order valence-corrected chi connectivity index (χ3v) is 4.32. The van der Waals surface area contributed by atoms with Crippen molar-refractivity contribution in [2.24, 2.45) is 15.4 Å². The highest BCUT2D eigenvalue weighted by molar-refractivity contribution is 7.89. The molecule has 3 aromatic rings. The highest BCUT2D eigenvalue weighted by Gasteiger charge is 2.12. The minimum absolute atomic E-state index is 0.0751. The predicted octanol–water partition coefficient (Wildman–Crippen LogP) is 3.31. The number of nitrogens with zero attached hydrogens (tertiary/aromatic N) is 2. The normalized spacial score (nSPS) is 12.0. The lowest BCUT2D eigenvalue weighted by Crippen LogP contribution is -2.11. The smallest absolute Gasteiger partial charge is 0.238 e. The number of rotatable bonds is 3. The van der Waals surface area contributed by atoms with Gasteiger partial charge in [-0.25, -0.2) is 13.6 Å². The van der Waals surface area contributed by atoms with E-state index in [-0.39, 0.29) is 27.8 Å². The number of benzene rings is 3. The Hall–Kier alpha value is -2.97. The standard InChI is InChI=1S/C16H13N3O4S/c17-24(22,23)11-6-8-14(20)13(9-11)18-19-16-12-4-2-1-3-10(12)5-7-15(16)21/h1-9,20-21H,(H2,17,22,23). The molecule has 0 aliphatic rings. The molecule has 3 aromatic carbocycles. The van der Waals surface area contributed by atoms with Crippen LogP contribution in [-0.4, -0.2) is 18.6 Å². The fourth-order valence-electron chi connectivity index (χ4n) is 2.21. The van der Waals surface area contributed by atoms with E-state index in [2.05, 4.69) is 10.2 Å². The molecule has 0 atom stereocenters. The van der Waals surface area contributed by atoms with Crippen LogP contribution in [0.5, 0.6) is 11.5 Å². The Morgan fingerprint density at radius 1 is 0.875 bits per heavy atom. The van der Waals surface area contributed by atoms with Crippen LogP contribution in [0.4, 0.5) is 11.4 Å². The van der Waals surface area contributed by atoms with E-state index in [1.54, 1.807) is 18.2 Å². The van der Waals surface area contributed by atoms with Gasteiger partial charge in [0.05, 0.1) is 4.90 Å². The second-order valence-corrected chi connectivity index (χ2v) is 6.61. The van der Waals surface area contributed by atoms with Gasteiger partial charge in [0.15, 0.2) is 0 Å². The third-order valence-electron chi connectivity index (χ3n) is 3.41. The highest BCUT2D eigenvalue weighted by Crippen LogP contribution is 2.37. The van der Waals surface area contributed by atoms with E-state index in [1.165, 1.54) is 12.1 Å². The van der Waals surface area contributed by atoms with Gasteiger partial charge in [-0.1, -0.05) is 30.3 Å². The van der Waals surface area contributed by atoms with Gasteiger partial charge in [-0.15, -0.1) is 10.2 Å². The Labute approximate surface area is 137 Å². The van der Waals surface area contributed by atoms with E-state index in [4.69, 9.17) is 5.14 Å². The van der Waals surface area contributed by atoms with Crippen molar-refractivity contribution in [3.8, 4) is 11.5 Å². The third kappa shape index (κ3) is 3.05. The molecule has 0 aromatic heterocycles. The lowest BCUT2D eigenvalue weighted by Gasteiger charge is -2.04. The molecule has 0 bridgehead atoms. The summed E-state index contributed by atoms with van der Waals surface area (Å²) in [5, 5.41) is 34.2. The van der Waals surface area contributed by atoms with Gasteiger partial charge >= 0.3 is 0 Å². The number of fused-ring (bicyclic) bond motifs is 1. The summed E-state index contributed by atoms with van der Waals surface area (Å²) in [5.41, 5.74) is 0.141. The van der Waals surface area contributed by atoms with Crippen molar-refractivity contribution in [3.63, 3.8) is 0 Å². The molecule has 0 fully saturated rings. The molecule has 0 unspecified atom stereocenters. The number of nitrogens with two attached hydrogens (primary N) is 1. The number of aromatic hydroxyl groups is 2. The molecule has 0 aliphatic carbocycles. The quantitative estimate of drug-likeness (QED) is 0.631. The van der Waals surface area contributed by atoms with Crippen LogP contribution >= 0.6 is 0 Å². The predicted molar refractivity (Wildman–Crippen MR) is 89.3 cm³/mol. The maximum absolute atomic E-state index is 11.4. The maximum atomic E-state index is 11.4. The molecule has 0 spiro atoms. The van der Waals surface area contributed by atoms with Crippen molar-refractivity contribution in [2.75, 3.05) is 0 Å². The van der Waals surface area contributed by atoms with E-state index in [0.717, 1.165) is 17.5 Å². The van der Waals surface area contributed by atoms with E-state index >= 15 is 0 Å². The second-order valence-electron chi connectivity index (χ2n) is 5.05. The minimum atomic E-state index is -3.93. The molecule has 0 amide bonds. The van der Waals surface area contributed by atoms with Crippen LogP contribution in [0.15, 0.2) is 69.7 Å². The number of sulfonamides is 1. The number of phenolic OH excluding ortho intramolecular Hbond substituents is 2. The average Bonchev–Trinajstić information content (AvgIpc) is 2.54. The van der Waals surface area contributed by atoms with Crippen LogP contribution in [0.1, 0.15) is 0 Å². The molecule has 0 saturated heterocycles. The zero-order valence-corrected chi connectivity index (χ0v) is 13.1. The zero-order valence-electron chi connectivity index (χ0n) is 12.3. The molecule has 0 radical (unpaired) electrons. The Bertz CT molecular complexity index is 1060. The van der Waals surface area contributed by atoms with Gasteiger partial charge < -0.3 is 10.2 Å². The summed E-state index contributed by atoms with van der Waals surface area (Å²) in [6.07, 6.45) is 0. The largest absolute Gasteiger partial charge is 0.506 e. The van der Waals surface area contributed by atoms with Crippen LogP contribution < -0.4 is 5.14 Å². The van der Waals surface area contributed by atoms with Gasteiger partial charge in [0.1, 0.15) is 22.9 Å². The van der Waals surface area contributed by atoms with Crippen LogP contribution in [0.25, 0.3) is 10.8 Å². The summed E-state index contributed by atoms with van der Waals surface area (Å²) in [5.74, 6) is -0.342. The number of hydrogen-bond donors (Lipinski definition) is 3. The second kappa shape index (κ2) is 5.91. The van der Waals surface area contributed by atoms with Crippen molar-refractivity contribution in [1.29, 1.82) is 0 Å². The molecule has 8 heteroatoms. The minimum Gasteiger partial charge on any atom is -0.506 e. The molecular formula is C16H13N3O4S. The first-order valence-electron chi connectivity index (χ1n) is 6.84. The topological polar surface area (TPSA) is 125 Å². The summed E-state index contributed by atoms with van der Waals surface area (Å²) in [4.78, 5) is -0.198. The molecule has 0 aliphatic heterocycles. The van der Waals surface area contributed by atoms with E-state index in [1.807, 2.05) is 12.1 Å². The maximum Gasteiger partial charge on any atom is 0.238 e. The van der Waals surface area contributed by atoms with Crippen molar-refractivity contribution < 1.29 is 18.6 Å². The molecule has 4 N–H and O–H groups in total. The van der Waals surface area contributed by atoms with Crippen LogP contribution in [0.2, 0.25) is 0 Å². The molecular weight excluding hydrogens is 330 g/mol. The summed E-state index contributed by atoms with van der Waals surface area (Å²) in [6.45, 7) is 0. The van der Waals surface area contributed by atoms with Gasteiger partial charge in [0.25, 0.3) is 0 Å². The van der Waals surface area contributed by atoms with Crippen LogP contribution in [-0.2, 0) is 10.0 Å². The first-order chi connectivity index (χ1) is 11.4. The van der Waals surface area contributed by atoms with Crippen LogP contribution in [0.3, 0.4) is 0 Å². The Morgan fingerprint density at radius 3 is 2.33 bits per heavy atom. The van der Waals surface area contributed by atoms with Crippen molar-refractivity contribution >= 4 is 32.2 Å². The fraction of sp³-hybridized carbons (Fsp3) is 0. The Morgan fingerprint density at radius 2 is 1.58 bits per heavy atom. The Balaban J connectivity index is 2.11. The molecule has 122 valence electrons. The zero-order chi connectivity index (χ0) is 17.3. The highest BCUT2D eigenvalue weighted by atomic mass is 32.2. The number of azo groups is 1. The van der Waals surface area contributed by atoms with E-state index in [9.17, 15) is 18.6 Å². The van der Waals surface area contributed by atoms with Crippen molar-refractivity contribution in [2.45, 2.75) is 4.90 Å².